The van der Waals surface area contributed by atoms with Gasteiger partial charge in [0.15, 0.2) is 0 Å². The minimum atomic E-state index is 0.314. The average molecular weight is 231 g/mol. The molecule has 0 radical (unpaired) electrons. The molecular weight excluding hydrogens is 219 g/mol. The molecule has 0 fully saturated rings. The molecule has 0 spiro atoms. The quantitative estimate of drug-likeness (QED) is 0.763. The van der Waals surface area contributed by atoms with E-state index in [4.69, 9.17) is 27.9 Å². The minimum absolute atomic E-state index is 0.314. The highest BCUT2D eigenvalue weighted by Gasteiger charge is 2.00. The van der Waals surface area contributed by atoms with Gasteiger partial charge in [-0.2, -0.15) is 0 Å². The van der Waals surface area contributed by atoms with Gasteiger partial charge in [-0.1, -0.05) is 40.9 Å². The number of hydrogen-bond donors (Lipinski definition) is 0. The van der Waals surface area contributed by atoms with Gasteiger partial charge in [0.2, 0.25) is 0 Å². The van der Waals surface area contributed by atoms with Crippen LogP contribution >= 0.6 is 23.2 Å². The van der Waals surface area contributed by atoms with Gasteiger partial charge >= 0.3 is 0 Å². The van der Waals surface area contributed by atoms with Crippen LogP contribution in [0.4, 0.5) is 0 Å². The van der Waals surface area contributed by atoms with Gasteiger partial charge in [-0.15, -0.1) is 0 Å². The summed E-state index contributed by atoms with van der Waals surface area (Å²) in [5, 5.41) is 0.492. The first-order chi connectivity index (χ1) is 6.63. The molecule has 1 nitrogen and oxygen atoms in total. The number of ether oxygens (including phenoxy) is 1. The zero-order chi connectivity index (χ0) is 10.6. The molecule has 0 saturated carbocycles. The fourth-order valence-electron chi connectivity index (χ4n) is 1.14. The predicted molar refractivity (Wildman–Crippen MR) is 61.2 cm³/mol. The summed E-state index contributed by atoms with van der Waals surface area (Å²) in [6.07, 6.45) is 0. The molecule has 0 amide bonds. The molecule has 0 aliphatic carbocycles. The van der Waals surface area contributed by atoms with E-state index in [1.165, 1.54) is 11.1 Å². The van der Waals surface area contributed by atoms with Crippen LogP contribution in [-0.4, -0.2) is 6.61 Å². The maximum Gasteiger partial charge on any atom is 0.125 e. The van der Waals surface area contributed by atoms with Crippen molar-refractivity contribution in [2.75, 3.05) is 6.61 Å². The highest BCUT2D eigenvalue weighted by atomic mass is 35.5. The molecule has 0 heterocycles. The van der Waals surface area contributed by atoms with Gasteiger partial charge in [0.1, 0.15) is 12.4 Å². The lowest BCUT2D eigenvalue weighted by molar-refractivity contribution is 0.357. The number of hydrogen-bond acceptors (Lipinski definition) is 1. The Morgan fingerprint density at radius 3 is 2.71 bits per heavy atom. The molecule has 14 heavy (non-hydrogen) atoms. The normalized spacial score (nSPS) is 11.6. The number of benzene rings is 1. The molecule has 0 N–H and O–H groups in total. The van der Waals surface area contributed by atoms with Gasteiger partial charge in [-0.05, 0) is 25.5 Å². The first-order valence-electron chi connectivity index (χ1n) is 4.28. The molecule has 76 valence electrons. The van der Waals surface area contributed by atoms with E-state index in [-0.39, 0.29) is 0 Å². The zero-order valence-corrected chi connectivity index (χ0v) is 9.69. The summed E-state index contributed by atoms with van der Waals surface area (Å²) >= 11 is 11.1. The third kappa shape index (κ3) is 3.24. The average Bonchev–Trinajstić information content (AvgIpc) is 2.16. The first-order valence-corrected chi connectivity index (χ1v) is 5.09. The van der Waals surface area contributed by atoms with Gasteiger partial charge in [0.05, 0.1) is 5.03 Å². The van der Waals surface area contributed by atoms with Crippen LogP contribution in [0.25, 0.3) is 0 Å². The molecule has 1 rings (SSSR count). The minimum Gasteiger partial charge on any atom is -0.488 e. The zero-order valence-electron chi connectivity index (χ0n) is 8.18. The van der Waals surface area contributed by atoms with Gasteiger partial charge in [-0.25, -0.2) is 0 Å². The Bertz CT molecular complexity index is 345. The lowest BCUT2D eigenvalue weighted by Gasteiger charge is -2.08. The summed E-state index contributed by atoms with van der Waals surface area (Å²) in [5.41, 5.74) is 3.63. The number of aryl methyl sites for hydroxylation is 2. The third-order valence-electron chi connectivity index (χ3n) is 1.81. The van der Waals surface area contributed by atoms with Crippen molar-refractivity contribution in [2.24, 2.45) is 0 Å². The van der Waals surface area contributed by atoms with E-state index in [0.29, 0.717) is 11.6 Å². The van der Waals surface area contributed by atoms with E-state index in [0.717, 1.165) is 11.3 Å². The summed E-state index contributed by atoms with van der Waals surface area (Å²) in [5.74, 6) is 0.840. The van der Waals surface area contributed by atoms with Crippen molar-refractivity contribution in [2.45, 2.75) is 13.8 Å². The van der Waals surface area contributed by atoms with Crippen LogP contribution in [-0.2, 0) is 0 Å². The molecule has 0 saturated heterocycles. The van der Waals surface area contributed by atoms with Gasteiger partial charge in [0.25, 0.3) is 0 Å². The van der Waals surface area contributed by atoms with Crippen molar-refractivity contribution in [3.63, 3.8) is 0 Å². The Morgan fingerprint density at radius 2 is 2.14 bits per heavy atom. The largest absolute Gasteiger partial charge is 0.488 e. The van der Waals surface area contributed by atoms with Crippen LogP contribution < -0.4 is 4.74 Å². The summed E-state index contributed by atoms with van der Waals surface area (Å²) in [6.45, 7) is 4.36. The lowest BCUT2D eigenvalue weighted by Crippen LogP contribution is -1.98. The van der Waals surface area contributed by atoms with Gasteiger partial charge < -0.3 is 4.74 Å². The van der Waals surface area contributed by atoms with Crippen molar-refractivity contribution in [3.8, 4) is 5.75 Å². The molecule has 3 heteroatoms. The Balaban J connectivity index is 2.68. The first kappa shape index (κ1) is 11.4. The highest BCUT2D eigenvalue weighted by Crippen LogP contribution is 2.19. The van der Waals surface area contributed by atoms with E-state index in [9.17, 15) is 0 Å². The lowest BCUT2D eigenvalue weighted by atomic mass is 10.1. The summed E-state index contributed by atoms with van der Waals surface area (Å²) < 4.78 is 5.46. The Morgan fingerprint density at radius 1 is 1.43 bits per heavy atom. The van der Waals surface area contributed by atoms with E-state index in [1.54, 1.807) is 0 Å². The Labute approximate surface area is 94.3 Å². The maximum absolute atomic E-state index is 5.70. The van der Waals surface area contributed by atoms with Crippen LogP contribution in [0.5, 0.6) is 5.75 Å². The SMILES string of the molecule is Cc1ccc(OCC(Cl)=CCl)c(C)c1. The Kier molecular flexibility index (Phi) is 4.30. The van der Waals surface area contributed by atoms with Crippen molar-refractivity contribution in [1.29, 1.82) is 0 Å². The molecule has 0 bridgehead atoms. The van der Waals surface area contributed by atoms with Crippen molar-refractivity contribution < 1.29 is 4.74 Å². The molecule has 0 aliphatic rings. The standard InChI is InChI=1S/C11H12Cl2O/c1-8-3-4-11(9(2)5-8)14-7-10(13)6-12/h3-6H,7H2,1-2H3. The van der Waals surface area contributed by atoms with Gasteiger partial charge in [0, 0.05) is 5.54 Å². The number of rotatable bonds is 3. The number of halogens is 2. The van der Waals surface area contributed by atoms with E-state index < -0.39 is 0 Å². The van der Waals surface area contributed by atoms with E-state index >= 15 is 0 Å². The molecule has 0 unspecified atom stereocenters. The van der Waals surface area contributed by atoms with Crippen LogP contribution in [0.15, 0.2) is 28.8 Å². The van der Waals surface area contributed by atoms with Gasteiger partial charge in [-0.3, -0.25) is 0 Å². The molecule has 0 atom stereocenters. The maximum atomic E-state index is 5.70. The third-order valence-corrected chi connectivity index (χ3v) is 2.41. The summed E-state index contributed by atoms with van der Waals surface area (Å²) in [7, 11) is 0. The van der Waals surface area contributed by atoms with Crippen molar-refractivity contribution in [1.82, 2.24) is 0 Å². The topological polar surface area (TPSA) is 9.23 Å². The second-order valence-corrected chi connectivity index (χ2v) is 3.82. The molecule has 1 aromatic carbocycles. The molecule has 0 aliphatic heterocycles. The second kappa shape index (κ2) is 5.28. The van der Waals surface area contributed by atoms with E-state index in [2.05, 4.69) is 6.07 Å². The van der Waals surface area contributed by atoms with E-state index in [1.807, 2.05) is 26.0 Å². The van der Waals surface area contributed by atoms with Crippen LogP contribution in [0.3, 0.4) is 0 Å². The predicted octanol–water partition coefficient (Wildman–Crippen LogP) is 4.00. The van der Waals surface area contributed by atoms with Crippen LogP contribution in [0.1, 0.15) is 11.1 Å². The fourth-order valence-corrected chi connectivity index (χ4v) is 1.26. The fraction of sp³-hybridized carbons (Fsp3) is 0.273. The van der Waals surface area contributed by atoms with Crippen molar-refractivity contribution in [3.05, 3.63) is 39.9 Å². The van der Waals surface area contributed by atoms with Crippen molar-refractivity contribution >= 4 is 23.2 Å². The second-order valence-electron chi connectivity index (χ2n) is 3.11. The monoisotopic (exact) mass is 230 g/mol. The molecule has 1 aromatic rings. The summed E-state index contributed by atoms with van der Waals surface area (Å²) in [4.78, 5) is 0. The molecule has 0 aromatic heterocycles. The summed E-state index contributed by atoms with van der Waals surface area (Å²) in [6, 6.07) is 6.00. The van der Waals surface area contributed by atoms with Crippen LogP contribution in [0, 0.1) is 13.8 Å². The highest BCUT2D eigenvalue weighted by molar-refractivity contribution is 6.36. The van der Waals surface area contributed by atoms with Crippen LogP contribution in [0.2, 0.25) is 0 Å². The Hall–Kier alpha value is -0.660. The molecular formula is C11H12Cl2O. The smallest absolute Gasteiger partial charge is 0.125 e.